The predicted octanol–water partition coefficient (Wildman–Crippen LogP) is 7.09. The van der Waals surface area contributed by atoms with E-state index in [-0.39, 0.29) is 17.6 Å². The van der Waals surface area contributed by atoms with Crippen LogP contribution in [-0.4, -0.2) is 52.4 Å². The molecule has 212 valence electrons. The lowest BCUT2D eigenvalue weighted by molar-refractivity contribution is -0.132. The molecular weight excluding hydrogens is 515 g/mol. The molecule has 6 rings (SSSR count). The number of hydrogen-bond donors (Lipinski definition) is 1. The molecule has 6 nitrogen and oxygen atoms in total. The van der Waals surface area contributed by atoms with Crippen LogP contribution in [0.4, 0.5) is 4.39 Å². The predicted molar refractivity (Wildman–Crippen MR) is 161 cm³/mol. The lowest BCUT2D eigenvalue weighted by Crippen LogP contribution is -2.39. The zero-order valence-corrected chi connectivity index (χ0v) is 23.6. The molecule has 1 N–H and O–H groups in total. The molecule has 5 aromatic rings. The summed E-state index contributed by atoms with van der Waals surface area (Å²) in [6.45, 7) is 2.92. The van der Waals surface area contributed by atoms with Crippen molar-refractivity contribution in [3.8, 4) is 11.1 Å². The minimum atomic E-state index is -0.190. The number of nitrogens with one attached hydrogen (secondary N) is 1. The van der Waals surface area contributed by atoms with Gasteiger partial charge < -0.3 is 14.2 Å². The number of ether oxygens (including phenoxy) is 1. The van der Waals surface area contributed by atoms with Crippen LogP contribution in [0.2, 0.25) is 0 Å². The Bertz CT molecular complexity index is 1640. The third kappa shape index (κ3) is 5.91. The average Bonchev–Trinajstić information content (AvgIpc) is 3.63. The normalized spacial score (nSPS) is 15.7. The molecule has 1 atom stereocenters. The van der Waals surface area contributed by atoms with E-state index in [1.54, 1.807) is 13.2 Å². The Hall–Kier alpha value is -3.97. The first-order valence-electron chi connectivity index (χ1n) is 14.7. The maximum absolute atomic E-state index is 14.7. The van der Waals surface area contributed by atoms with Gasteiger partial charge >= 0.3 is 0 Å². The van der Waals surface area contributed by atoms with Gasteiger partial charge in [-0.2, -0.15) is 5.10 Å². The van der Waals surface area contributed by atoms with E-state index in [1.807, 2.05) is 23.2 Å². The summed E-state index contributed by atoms with van der Waals surface area (Å²) in [6, 6.07) is 22.2. The highest BCUT2D eigenvalue weighted by molar-refractivity contribution is 5.84. The van der Waals surface area contributed by atoms with E-state index < -0.39 is 0 Å². The number of hydrogen-bond acceptors (Lipinski definition) is 3. The van der Waals surface area contributed by atoms with Gasteiger partial charge in [0.2, 0.25) is 5.91 Å². The molecule has 2 aromatic heterocycles. The number of carbonyl (C=O) groups excluding carboxylic acids is 1. The van der Waals surface area contributed by atoms with Gasteiger partial charge in [0.25, 0.3) is 0 Å². The van der Waals surface area contributed by atoms with Crippen LogP contribution in [0.15, 0.2) is 72.9 Å². The number of piperidine rings is 1. The van der Waals surface area contributed by atoms with Gasteiger partial charge in [-0.25, -0.2) is 4.39 Å². The SMILES string of the molecule is COCCCn1c(C2CCCN(C(=O)CCCc3ccc(-c4ccc5[nH]ncc5c4)cc3)C2)cc2c(F)cccc21. The van der Waals surface area contributed by atoms with Crippen LogP contribution in [-0.2, 0) is 22.5 Å². The van der Waals surface area contributed by atoms with Gasteiger partial charge in [-0.3, -0.25) is 9.89 Å². The molecule has 0 saturated carbocycles. The number of likely N-dealkylation sites (tertiary alicyclic amines) is 1. The Kier molecular flexibility index (Phi) is 8.14. The summed E-state index contributed by atoms with van der Waals surface area (Å²) in [5.41, 5.74) is 6.67. The zero-order valence-electron chi connectivity index (χ0n) is 23.6. The van der Waals surface area contributed by atoms with Crippen molar-refractivity contribution < 1.29 is 13.9 Å². The molecule has 3 aromatic carbocycles. The van der Waals surface area contributed by atoms with E-state index in [1.165, 1.54) is 22.8 Å². The van der Waals surface area contributed by atoms with E-state index in [9.17, 15) is 9.18 Å². The van der Waals surface area contributed by atoms with E-state index in [0.29, 0.717) is 25.0 Å². The van der Waals surface area contributed by atoms with E-state index in [2.05, 4.69) is 57.2 Å². The summed E-state index contributed by atoms with van der Waals surface area (Å²) in [5, 5.41) is 8.86. The Morgan fingerprint density at radius 1 is 1.07 bits per heavy atom. The second kappa shape index (κ2) is 12.3. The van der Waals surface area contributed by atoms with Crippen LogP contribution >= 0.6 is 0 Å². The van der Waals surface area contributed by atoms with E-state index in [0.717, 1.165) is 67.3 Å². The number of benzene rings is 3. The number of H-pyrrole nitrogens is 1. The van der Waals surface area contributed by atoms with Crippen molar-refractivity contribution in [2.45, 2.75) is 51.0 Å². The Labute approximate surface area is 240 Å². The van der Waals surface area contributed by atoms with Crippen LogP contribution in [0.5, 0.6) is 0 Å². The number of amides is 1. The third-order valence-corrected chi connectivity index (χ3v) is 8.43. The van der Waals surface area contributed by atoms with Crippen molar-refractivity contribution in [1.82, 2.24) is 19.7 Å². The van der Waals surface area contributed by atoms with Gasteiger partial charge in [-0.1, -0.05) is 36.4 Å². The molecule has 1 aliphatic rings. The van der Waals surface area contributed by atoms with Gasteiger partial charge in [-0.05, 0) is 79.1 Å². The van der Waals surface area contributed by atoms with Gasteiger partial charge in [0, 0.05) is 62.2 Å². The topological polar surface area (TPSA) is 63.1 Å². The Morgan fingerprint density at radius 2 is 1.93 bits per heavy atom. The average molecular weight is 553 g/mol. The molecule has 1 aliphatic heterocycles. The Balaban J connectivity index is 1.07. The number of rotatable bonds is 10. The van der Waals surface area contributed by atoms with Crippen LogP contribution in [0.3, 0.4) is 0 Å². The molecule has 1 saturated heterocycles. The highest BCUT2D eigenvalue weighted by atomic mass is 19.1. The fraction of sp³-hybridized carbons (Fsp3) is 0.353. The standard InChI is InChI=1S/C34H37FN4O2/c1-41-19-5-18-39-32-9-3-8-30(35)29(32)21-33(39)27-7-4-17-38(23-27)34(40)10-2-6-24-11-13-25(14-12-24)26-15-16-31-28(20-26)22-36-37-31/h3,8-9,11-16,20-22,27H,2,4-7,10,17-19,23H2,1H3,(H,36,37). The van der Waals surface area contributed by atoms with Gasteiger partial charge in [0.1, 0.15) is 5.82 Å². The Morgan fingerprint density at radius 3 is 2.78 bits per heavy atom. The van der Waals surface area contributed by atoms with Crippen LogP contribution in [0.25, 0.3) is 32.9 Å². The number of carbonyl (C=O) groups is 1. The van der Waals surface area contributed by atoms with Crippen molar-refractivity contribution in [1.29, 1.82) is 0 Å². The number of aromatic nitrogens is 3. The molecule has 1 amide bonds. The second-order valence-corrected chi connectivity index (χ2v) is 11.1. The molecule has 0 spiro atoms. The lowest BCUT2D eigenvalue weighted by Gasteiger charge is -2.33. The van der Waals surface area contributed by atoms with Crippen LogP contribution in [0, 0.1) is 5.82 Å². The minimum absolute atomic E-state index is 0.190. The summed E-state index contributed by atoms with van der Waals surface area (Å²) in [5.74, 6) is 0.230. The summed E-state index contributed by atoms with van der Waals surface area (Å²) in [4.78, 5) is 15.3. The molecule has 0 aliphatic carbocycles. The first kappa shape index (κ1) is 27.2. The van der Waals surface area contributed by atoms with Crippen LogP contribution < -0.4 is 0 Å². The van der Waals surface area contributed by atoms with Crippen molar-refractivity contribution in [2.75, 3.05) is 26.8 Å². The third-order valence-electron chi connectivity index (χ3n) is 8.43. The molecule has 7 heteroatoms. The first-order valence-corrected chi connectivity index (χ1v) is 14.7. The number of halogens is 1. The van der Waals surface area contributed by atoms with Gasteiger partial charge in [0.15, 0.2) is 0 Å². The first-order chi connectivity index (χ1) is 20.1. The summed E-state index contributed by atoms with van der Waals surface area (Å²) >= 11 is 0. The maximum atomic E-state index is 14.7. The van der Waals surface area contributed by atoms with Gasteiger partial charge in [0.05, 0.1) is 17.2 Å². The second-order valence-electron chi connectivity index (χ2n) is 11.1. The summed E-state index contributed by atoms with van der Waals surface area (Å²) in [7, 11) is 1.71. The zero-order chi connectivity index (χ0) is 28.2. The molecule has 3 heterocycles. The van der Waals surface area contributed by atoms with Crippen molar-refractivity contribution in [2.24, 2.45) is 0 Å². The summed E-state index contributed by atoms with van der Waals surface area (Å²) in [6.07, 6.45) is 6.91. The molecule has 41 heavy (non-hydrogen) atoms. The smallest absolute Gasteiger partial charge is 0.222 e. The quantitative estimate of drug-likeness (QED) is 0.188. The fourth-order valence-corrected chi connectivity index (χ4v) is 6.26. The monoisotopic (exact) mass is 552 g/mol. The van der Waals surface area contributed by atoms with Crippen molar-refractivity contribution in [3.63, 3.8) is 0 Å². The van der Waals surface area contributed by atoms with Crippen molar-refractivity contribution in [3.05, 3.63) is 90.0 Å². The number of aromatic amines is 1. The van der Waals surface area contributed by atoms with Crippen molar-refractivity contribution >= 4 is 27.7 Å². The highest BCUT2D eigenvalue weighted by Gasteiger charge is 2.27. The maximum Gasteiger partial charge on any atom is 0.222 e. The fourth-order valence-electron chi connectivity index (χ4n) is 6.26. The largest absolute Gasteiger partial charge is 0.385 e. The minimum Gasteiger partial charge on any atom is -0.385 e. The van der Waals surface area contributed by atoms with E-state index in [4.69, 9.17) is 4.74 Å². The lowest BCUT2D eigenvalue weighted by atomic mass is 9.94. The highest BCUT2D eigenvalue weighted by Crippen LogP contribution is 2.33. The summed E-state index contributed by atoms with van der Waals surface area (Å²) < 4.78 is 22.2. The molecule has 0 radical (unpaired) electrons. The molecule has 1 fully saturated rings. The van der Waals surface area contributed by atoms with Gasteiger partial charge in [-0.15, -0.1) is 0 Å². The molecule has 0 bridgehead atoms. The number of methoxy groups -OCH3 is 1. The number of fused-ring (bicyclic) bond motifs is 2. The number of nitrogens with zero attached hydrogens (tertiary/aromatic N) is 3. The number of aryl methyl sites for hydroxylation is 2. The van der Waals surface area contributed by atoms with Crippen LogP contribution in [0.1, 0.15) is 49.3 Å². The van der Waals surface area contributed by atoms with E-state index >= 15 is 0 Å². The molecular formula is C34H37FN4O2. The molecule has 1 unspecified atom stereocenters.